The van der Waals surface area contributed by atoms with Crippen LogP contribution in [0.2, 0.25) is 5.15 Å². The van der Waals surface area contributed by atoms with Crippen molar-refractivity contribution in [1.29, 1.82) is 0 Å². The van der Waals surface area contributed by atoms with Crippen LogP contribution in [0.1, 0.15) is 27.0 Å². The molecule has 0 spiro atoms. The molecule has 0 aliphatic rings. The predicted molar refractivity (Wildman–Crippen MR) is 114 cm³/mol. The standard InChI is InChI=1S/C21H20ClN3O2S/c1-12-8-9-13(2)19(14(12)3)17-11-18(22)24-21(23-17)25-28-16-7-5-6-15(10-16)20(26)27-4/h5-11H,1-4H3,(H,23,24,25). The molecule has 0 aliphatic carbocycles. The number of anilines is 1. The molecule has 0 aliphatic heterocycles. The second-order valence-electron chi connectivity index (χ2n) is 6.32. The van der Waals surface area contributed by atoms with E-state index < -0.39 is 0 Å². The number of hydrogen-bond donors (Lipinski definition) is 1. The number of ether oxygens (including phenoxy) is 1. The Hall–Kier alpha value is -2.57. The van der Waals surface area contributed by atoms with Crippen molar-refractivity contribution in [3.63, 3.8) is 0 Å². The molecule has 0 bridgehead atoms. The summed E-state index contributed by atoms with van der Waals surface area (Å²) in [7, 11) is 1.36. The molecule has 144 valence electrons. The lowest BCUT2D eigenvalue weighted by Gasteiger charge is -2.13. The molecule has 0 amide bonds. The minimum absolute atomic E-state index is 0.358. The first-order chi connectivity index (χ1) is 13.4. The smallest absolute Gasteiger partial charge is 0.337 e. The van der Waals surface area contributed by atoms with Crippen LogP contribution in [0.3, 0.4) is 0 Å². The average Bonchev–Trinajstić information content (AvgIpc) is 2.69. The van der Waals surface area contributed by atoms with Crippen molar-refractivity contribution in [2.75, 3.05) is 11.8 Å². The highest BCUT2D eigenvalue weighted by molar-refractivity contribution is 8.00. The van der Waals surface area contributed by atoms with Crippen molar-refractivity contribution in [3.8, 4) is 11.3 Å². The van der Waals surface area contributed by atoms with Gasteiger partial charge in [-0.3, -0.25) is 4.72 Å². The van der Waals surface area contributed by atoms with Gasteiger partial charge in [-0.2, -0.15) is 0 Å². The van der Waals surface area contributed by atoms with Crippen molar-refractivity contribution < 1.29 is 9.53 Å². The largest absolute Gasteiger partial charge is 0.465 e. The van der Waals surface area contributed by atoms with E-state index in [4.69, 9.17) is 16.3 Å². The molecule has 1 N–H and O–H groups in total. The zero-order chi connectivity index (χ0) is 20.3. The third kappa shape index (κ3) is 4.46. The molecule has 0 atom stereocenters. The van der Waals surface area contributed by atoms with Crippen molar-refractivity contribution in [1.82, 2.24) is 9.97 Å². The SMILES string of the molecule is COC(=O)c1cccc(SNc2nc(Cl)cc(-c3c(C)ccc(C)c3C)n2)c1. The number of aryl methyl sites for hydroxylation is 2. The fraction of sp³-hybridized carbons (Fsp3) is 0.190. The zero-order valence-electron chi connectivity index (χ0n) is 16.0. The van der Waals surface area contributed by atoms with Gasteiger partial charge in [-0.15, -0.1) is 0 Å². The Labute approximate surface area is 173 Å². The van der Waals surface area contributed by atoms with E-state index in [9.17, 15) is 4.79 Å². The molecule has 3 rings (SSSR count). The van der Waals surface area contributed by atoms with Crippen molar-refractivity contribution in [2.45, 2.75) is 25.7 Å². The summed E-state index contributed by atoms with van der Waals surface area (Å²) in [5, 5.41) is 0.358. The number of hydrogen-bond acceptors (Lipinski definition) is 6. The van der Waals surface area contributed by atoms with Crippen LogP contribution in [-0.4, -0.2) is 23.0 Å². The lowest BCUT2D eigenvalue weighted by atomic mass is 9.96. The van der Waals surface area contributed by atoms with Gasteiger partial charge in [0, 0.05) is 16.5 Å². The van der Waals surface area contributed by atoms with Crippen LogP contribution in [0.15, 0.2) is 47.4 Å². The Morgan fingerprint density at radius 2 is 1.82 bits per heavy atom. The molecule has 5 nitrogen and oxygen atoms in total. The van der Waals surface area contributed by atoms with Gasteiger partial charge in [0.1, 0.15) is 5.15 Å². The van der Waals surface area contributed by atoms with Gasteiger partial charge in [0.2, 0.25) is 5.95 Å². The van der Waals surface area contributed by atoms with E-state index in [-0.39, 0.29) is 5.97 Å². The summed E-state index contributed by atoms with van der Waals surface area (Å²) in [6, 6.07) is 13.1. The molecule has 0 fully saturated rings. The highest BCUT2D eigenvalue weighted by Crippen LogP contribution is 2.30. The Bertz CT molecular complexity index is 1040. The topological polar surface area (TPSA) is 64.1 Å². The molecule has 0 saturated carbocycles. The van der Waals surface area contributed by atoms with E-state index in [1.807, 2.05) is 6.07 Å². The van der Waals surface area contributed by atoms with E-state index >= 15 is 0 Å². The Balaban J connectivity index is 1.88. The normalized spacial score (nSPS) is 10.6. The maximum absolute atomic E-state index is 11.7. The van der Waals surface area contributed by atoms with Crippen LogP contribution < -0.4 is 4.72 Å². The lowest BCUT2D eigenvalue weighted by Crippen LogP contribution is -2.02. The van der Waals surface area contributed by atoms with Gasteiger partial charge in [0.25, 0.3) is 0 Å². The Morgan fingerprint density at radius 3 is 2.57 bits per heavy atom. The Morgan fingerprint density at radius 1 is 1.07 bits per heavy atom. The highest BCUT2D eigenvalue weighted by Gasteiger charge is 2.13. The number of esters is 1. The number of carbonyl (C=O) groups is 1. The van der Waals surface area contributed by atoms with Crippen LogP contribution in [0, 0.1) is 20.8 Å². The molecule has 3 aromatic rings. The number of nitrogens with one attached hydrogen (secondary N) is 1. The summed E-state index contributed by atoms with van der Waals surface area (Å²) in [4.78, 5) is 21.4. The van der Waals surface area contributed by atoms with Crippen LogP contribution >= 0.6 is 23.5 Å². The molecular weight excluding hydrogens is 394 g/mol. The van der Waals surface area contributed by atoms with E-state index in [0.29, 0.717) is 16.7 Å². The average molecular weight is 414 g/mol. The number of aromatic nitrogens is 2. The van der Waals surface area contributed by atoms with Gasteiger partial charge >= 0.3 is 5.97 Å². The van der Waals surface area contributed by atoms with Gasteiger partial charge in [0.15, 0.2) is 0 Å². The van der Waals surface area contributed by atoms with Crippen LogP contribution in [0.4, 0.5) is 5.95 Å². The third-order valence-electron chi connectivity index (χ3n) is 4.41. The van der Waals surface area contributed by atoms with E-state index in [0.717, 1.165) is 21.7 Å². The second-order valence-corrected chi connectivity index (χ2v) is 7.59. The first kappa shape index (κ1) is 20.2. The minimum Gasteiger partial charge on any atom is -0.465 e. The maximum atomic E-state index is 11.7. The molecular formula is C21H20ClN3O2S. The second kappa shape index (κ2) is 8.63. The summed E-state index contributed by atoms with van der Waals surface area (Å²) < 4.78 is 7.86. The van der Waals surface area contributed by atoms with Gasteiger partial charge in [-0.25, -0.2) is 14.8 Å². The summed E-state index contributed by atoms with van der Waals surface area (Å²) >= 11 is 7.55. The number of benzene rings is 2. The lowest BCUT2D eigenvalue weighted by molar-refractivity contribution is 0.0600. The minimum atomic E-state index is -0.380. The zero-order valence-corrected chi connectivity index (χ0v) is 17.6. The van der Waals surface area contributed by atoms with Gasteiger partial charge in [-0.1, -0.05) is 29.8 Å². The van der Waals surface area contributed by atoms with Crippen molar-refractivity contribution in [3.05, 3.63) is 69.9 Å². The molecule has 0 radical (unpaired) electrons. The summed E-state index contributed by atoms with van der Waals surface area (Å²) in [5.74, 6) is 0.0189. The monoisotopic (exact) mass is 413 g/mol. The predicted octanol–water partition coefficient (Wildman–Crippen LogP) is 5.63. The number of carbonyl (C=O) groups excluding carboxylic acids is 1. The molecule has 7 heteroatoms. The van der Waals surface area contributed by atoms with E-state index in [1.54, 1.807) is 24.3 Å². The van der Waals surface area contributed by atoms with Crippen LogP contribution in [-0.2, 0) is 4.74 Å². The fourth-order valence-corrected chi connectivity index (χ4v) is 3.66. The first-order valence-corrected chi connectivity index (χ1v) is 9.81. The number of methoxy groups -OCH3 is 1. The van der Waals surface area contributed by atoms with Gasteiger partial charge in [0.05, 0.1) is 18.4 Å². The van der Waals surface area contributed by atoms with E-state index in [1.165, 1.54) is 30.2 Å². The molecule has 1 aromatic heterocycles. The summed E-state index contributed by atoms with van der Waals surface area (Å²) in [6.07, 6.45) is 0. The van der Waals surface area contributed by atoms with Gasteiger partial charge in [-0.05, 0) is 67.6 Å². The van der Waals surface area contributed by atoms with Crippen LogP contribution in [0.5, 0.6) is 0 Å². The van der Waals surface area contributed by atoms with Crippen molar-refractivity contribution in [2.24, 2.45) is 0 Å². The first-order valence-electron chi connectivity index (χ1n) is 8.62. The summed E-state index contributed by atoms with van der Waals surface area (Å²) in [6.45, 7) is 6.20. The molecule has 28 heavy (non-hydrogen) atoms. The number of rotatable bonds is 5. The quantitative estimate of drug-likeness (QED) is 0.332. The molecule has 0 saturated heterocycles. The summed E-state index contributed by atoms with van der Waals surface area (Å²) in [5.41, 5.74) is 5.79. The molecule has 1 heterocycles. The maximum Gasteiger partial charge on any atom is 0.337 e. The fourth-order valence-electron chi connectivity index (χ4n) is 2.85. The van der Waals surface area contributed by atoms with Crippen LogP contribution in [0.25, 0.3) is 11.3 Å². The van der Waals surface area contributed by atoms with Crippen molar-refractivity contribution >= 4 is 35.5 Å². The number of nitrogens with zero attached hydrogens (tertiary/aromatic N) is 2. The third-order valence-corrected chi connectivity index (χ3v) is 5.38. The Kier molecular flexibility index (Phi) is 6.21. The number of halogens is 1. The molecule has 0 unspecified atom stereocenters. The van der Waals surface area contributed by atoms with Gasteiger partial charge < -0.3 is 4.74 Å². The molecule has 2 aromatic carbocycles. The highest BCUT2D eigenvalue weighted by atomic mass is 35.5. The van der Waals surface area contributed by atoms with E-state index in [2.05, 4.69) is 47.6 Å².